The van der Waals surface area contributed by atoms with E-state index in [0.717, 1.165) is 0 Å². The minimum absolute atomic E-state index is 0.687. The summed E-state index contributed by atoms with van der Waals surface area (Å²) >= 11 is 0. The molecule has 0 aliphatic rings. The Balaban J connectivity index is 3.63. The third-order valence-electron chi connectivity index (χ3n) is 1.79. The van der Waals surface area contributed by atoms with Gasteiger partial charge in [0, 0.05) is 6.20 Å². The summed E-state index contributed by atoms with van der Waals surface area (Å²) in [5.74, 6) is -1.92. The molecule has 0 aliphatic carbocycles. The van der Waals surface area contributed by atoms with Gasteiger partial charge in [0.15, 0.2) is 0 Å². The number of primary amides is 1. The number of rotatable bonds is 3. The lowest BCUT2D eigenvalue weighted by atomic mass is 10.1. The lowest BCUT2D eigenvalue weighted by Crippen LogP contribution is -2.17. The first kappa shape index (κ1) is 11.8. The van der Waals surface area contributed by atoms with Crippen molar-refractivity contribution >= 4 is 17.4 Å². The number of carbonyl (C=O) groups excluding carboxylic acids is 1. The molecule has 1 aromatic rings. The average molecular weight is 232 g/mol. The van der Waals surface area contributed by atoms with E-state index in [0.29, 0.717) is 6.20 Å². The van der Waals surface area contributed by atoms with Crippen LogP contribution in [0.1, 0.15) is 22.3 Å². The molecule has 4 N–H and O–H groups in total. The first-order valence-corrected chi connectivity index (χ1v) is 3.87. The molecule has 0 aliphatic heterocycles. The van der Waals surface area contributed by atoms with Crippen LogP contribution >= 0.6 is 0 Å². The van der Waals surface area contributed by atoms with Crippen LogP contribution in [0.3, 0.4) is 0 Å². The van der Waals surface area contributed by atoms with E-state index in [1.165, 1.54) is 0 Å². The van der Waals surface area contributed by atoms with Crippen LogP contribution in [-0.4, -0.2) is 15.8 Å². The molecule has 1 rings (SSSR count). The van der Waals surface area contributed by atoms with E-state index in [4.69, 9.17) is 11.5 Å². The SMILES string of the molecule is NC(=O)c1cnc(N)c([N+](=O)[O-])c1C(F)F. The lowest BCUT2D eigenvalue weighted by Gasteiger charge is -2.07. The molecule has 0 saturated carbocycles. The van der Waals surface area contributed by atoms with E-state index in [1.54, 1.807) is 0 Å². The van der Waals surface area contributed by atoms with E-state index < -0.39 is 39.9 Å². The zero-order valence-corrected chi connectivity index (χ0v) is 7.68. The topological polar surface area (TPSA) is 125 Å². The normalized spacial score (nSPS) is 10.4. The number of hydrogen-bond acceptors (Lipinski definition) is 5. The number of alkyl halides is 2. The predicted molar refractivity (Wildman–Crippen MR) is 48.8 cm³/mol. The van der Waals surface area contributed by atoms with Crippen LogP contribution in [0.4, 0.5) is 20.3 Å². The molecule has 0 bridgehead atoms. The molecule has 0 radical (unpaired) electrons. The largest absolute Gasteiger partial charge is 0.378 e. The monoisotopic (exact) mass is 232 g/mol. The van der Waals surface area contributed by atoms with E-state index in [2.05, 4.69) is 4.98 Å². The molecule has 1 aromatic heterocycles. The van der Waals surface area contributed by atoms with Gasteiger partial charge in [-0.15, -0.1) is 0 Å². The van der Waals surface area contributed by atoms with Gasteiger partial charge in [-0.2, -0.15) is 0 Å². The fourth-order valence-corrected chi connectivity index (χ4v) is 1.14. The first-order valence-electron chi connectivity index (χ1n) is 3.87. The highest BCUT2D eigenvalue weighted by Gasteiger charge is 2.31. The summed E-state index contributed by atoms with van der Waals surface area (Å²) in [5, 5.41) is 10.5. The molecule has 86 valence electrons. The van der Waals surface area contributed by atoms with Gasteiger partial charge in [0.1, 0.15) is 5.56 Å². The van der Waals surface area contributed by atoms with Gasteiger partial charge < -0.3 is 11.5 Å². The molecule has 9 heteroatoms. The summed E-state index contributed by atoms with van der Waals surface area (Å²) in [6, 6.07) is 0. The van der Waals surface area contributed by atoms with Crippen molar-refractivity contribution < 1.29 is 18.5 Å². The fourth-order valence-electron chi connectivity index (χ4n) is 1.14. The molecular formula is C7H6F2N4O3. The number of aromatic nitrogens is 1. The van der Waals surface area contributed by atoms with Gasteiger partial charge in [0.2, 0.25) is 5.82 Å². The summed E-state index contributed by atoms with van der Waals surface area (Å²) in [4.78, 5) is 23.5. The van der Waals surface area contributed by atoms with Crippen LogP contribution in [0, 0.1) is 10.1 Å². The maximum Gasteiger partial charge on any atom is 0.320 e. The van der Waals surface area contributed by atoms with Gasteiger partial charge in [-0.3, -0.25) is 14.9 Å². The highest BCUT2D eigenvalue weighted by Crippen LogP contribution is 2.34. The zero-order chi connectivity index (χ0) is 12.5. The van der Waals surface area contributed by atoms with Crippen molar-refractivity contribution in [1.82, 2.24) is 4.98 Å². The highest BCUT2D eigenvalue weighted by molar-refractivity contribution is 5.95. The summed E-state index contributed by atoms with van der Waals surface area (Å²) in [5.41, 5.74) is 6.98. The maximum atomic E-state index is 12.6. The number of nitrogens with zero attached hydrogens (tertiary/aromatic N) is 2. The van der Waals surface area contributed by atoms with Crippen molar-refractivity contribution in [2.75, 3.05) is 5.73 Å². The fraction of sp³-hybridized carbons (Fsp3) is 0.143. The van der Waals surface area contributed by atoms with E-state index >= 15 is 0 Å². The van der Waals surface area contributed by atoms with Crippen molar-refractivity contribution in [2.24, 2.45) is 5.73 Å². The Morgan fingerprint density at radius 2 is 2.12 bits per heavy atom. The van der Waals surface area contributed by atoms with E-state index in [9.17, 15) is 23.7 Å². The second-order valence-corrected chi connectivity index (χ2v) is 2.74. The number of nitrogens with two attached hydrogens (primary N) is 2. The summed E-state index contributed by atoms with van der Waals surface area (Å²) < 4.78 is 25.2. The van der Waals surface area contributed by atoms with Crippen molar-refractivity contribution in [3.63, 3.8) is 0 Å². The molecular weight excluding hydrogens is 226 g/mol. The molecule has 0 unspecified atom stereocenters. The number of nitrogen functional groups attached to an aromatic ring is 1. The van der Waals surface area contributed by atoms with Crippen LogP contribution < -0.4 is 11.5 Å². The Kier molecular flexibility index (Phi) is 2.97. The summed E-state index contributed by atoms with van der Waals surface area (Å²) in [6.07, 6.45) is -2.56. The number of halogens is 2. The minimum atomic E-state index is -3.24. The Bertz CT molecular complexity index is 463. The minimum Gasteiger partial charge on any atom is -0.378 e. The predicted octanol–water partition coefficient (Wildman–Crippen LogP) is 0.609. The van der Waals surface area contributed by atoms with E-state index in [1.807, 2.05) is 0 Å². The van der Waals surface area contributed by atoms with Crippen LogP contribution in [0.25, 0.3) is 0 Å². The summed E-state index contributed by atoms with van der Waals surface area (Å²) in [6.45, 7) is 0. The van der Waals surface area contributed by atoms with Crippen LogP contribution in [0.5, 0.6) is 0 Å². The molecule has 0 saturated heterocycles. The van der Waals surface area contributed by atoms with Crippen molar-refractivity contribution in [3.05, 3.63) is 27.4 Å². The molecule has 1 heterocycles. The van der Waals surface area contributed by atoms with Crippen LogP contribution in [-0.2, 0) is 0 Å². The number of pyridine rings is 1. The lowest BCUT2D eigenvalue weighted by molar-refractivity contribution is -0.385. The van der Waals surface area contributed by atoms with E-state index in [-0.39, 0.29) is 0 Å². The number of carbonyl (C=O) groups is 1. The van der Waals surface area contributed by atoms with Gasteiger partial charge in [0.05, 0.1) is 10.5 Å². The third kappa shape index (κ3) is 1.87. The van der Waals surface area contributed by atoms with Gasteiger partial charge >= 0.3 is 5.69 Å². The molecule has 16 heavy (non-hydrogen) atoms. The van der Waals surface area contributed by atoms with Crippen molar-refractivity contribution in [3.8, 4) is 0 Å². The maximum absolute atomic E-state index is 12.6. The second-order valence-electron chi connectivity index (χ2n) is 2.74. The average Bonchev–Trinajstić information content (AvgIpc) is 2.15. The quantitative estimate of drug-likeness (QED) is 0.583. The molecule has 1 amide bonds. The highest BCUT2D eigenvalue weighted by atomic mass is 19.3. The van der Waals surface area contributed by atoms with Gasteiger partial charge in [-0.05, 0) is 0 Å². The Labute approximate surface area is 87.2 Å². The smallest absolute Gasteiger partial charge is 0.320 e. The standard InChI is InChI=1S/C7H6F2N4O3/c8-5(9)3-2(7(11)14)1-12-6(10)4(3)13(15)16/h1,5H,(H2,10,12)(H2,11,14). The Morgan fingerprint density at radius 3 is 2.50 bits per heavy atom. The molecule has 0 atom stereocenters. The number of nitro groups is 1. The number of amides is 1. The zero-order valence-electron chi connectivity index (χ0n) is 7.68. The van der Waals surface area contributed by atoms with Crippen molar-refractivity contribution in [2.45, 2.75) is 6.43 Å². The summed E-state index contributed by atoms with van der Waals surface area (Å²) in [7, 11) is 0. The van der Waals surface area contributed by atoms with Gasteiger partial charge in [0.25, 0.3) is 12.3 Å². The second kappa shape index (κ2) is 4.04. The van der Waals surface area contributed by atoms with Crippen LogP contribution in [0.15, 0.2) is 6.20 Å². The molecule has 0 spiro atoms. The molecule has 0 aromatic carbocycles. The number of hydrogen-bond donors (Lipinski definition) is 2. The first-order chi connectivity index (χ1) is 7.36. The molecule has 0 fully saturated rings. The molecule has 7 nitrogen and oxygen atoms in total. The van der Waals surface area contributed by atoms with Gasteiger partial charge in [-0.25, -0.2) is 13.8 Å². The van der Waals surface area contributed by atoms with Crippen LogP contribution in [0.2, 0.25) is 0 Å². The Hall–Kier alpha value is -2.32. The van der Waals surface area contributed by atoms with Gasteiger partial charge in [-0.1, -0.05) is 0 Å². The van der Waals surface area contributed by atoms with Crippen molar-refractivity contribution in [1.29, 1.82) is 0 Å². The third-order valence-corrected chi connectivity index (χ3v) is 1.79. The Morgan fingerprint density at radius 1 is 1.56 bits per heavy atom. The number of anilines is 1.